The van der Waals surface area contributed by atoms with E-state index >= 15 is 0 Å². The molecule has 128 valence electrons. The Kier molecular flexibility index (Phi) is 5.76. The summed E-state index contributed by atoms with van der Waals surface area (Å²) in [5.41, 5.74) is 1.47. The van der Waals surface area contributed by atoms with Crippen molar-refractivity contribution in [2.24, 2.45) is 0 Å². The second-order valence-electron chi connectivity index (χ2n) is 5.55. The van der Waals surface area contributed by atoms with Gasteiger partial charge in [0.05, 0.1) is 6.26 Å². The molecule has 6 heteroatoms. The molecule has 0 saturated heterocycles. The second kappa shape index (κ2) is 8.21. The van der Waals surface area contributed by atoms with Crippen molar-refractivity contribution in [3.63, 3.8) is 0 Å². The monoisotopic (exact) mass is 375 g/mol. The maximum Gasteiger partial charge on any atom is 0.287 e. The fraction of sp³-hybridized carbons (Fsp3) is 0.105. The summed E-state index contributed by atoms with van der Waals surface area (Å²) in [6, 6.07) is 17.8. The van der Waals surface area contributed by atoms with Crippen molar-refractivity contribution in [2.45, 2.75) is 12.6 Å². The van der Waals surface area contributed by atoms with E-state index in [0.717, 1.165) is 11.3 Å². The number of anilines is 1. The van der Waals surface area contributed by atoms with Crippen molar-refractivity contribution in [1.82, 2.24) is 0 Å². The third kappa shape index (κ3) is 4.86. The van der Waals surface area contributed by atoms with E-state index in [9.17, 15) is 4.79 Å². The Hall–Kier alpha value is -2.27. The van der Waals surface area contributed by atoms with E-state index < -0.39 is 6.04 Å². The lowest BCUT2D eigenvalue weighted by Gasteiger charge is -2.16. The van der Waals surface area contributed by atoms with Crippen LogP contribution in [0.1, 0.15) is 17.4 Å². The number of furan rings is 1. The highest BCUT2D eigenvalue weighted by Crippen LogP contribution is 2.23. The molecule has 2 aromatic carbocycles. The summed E-state index contributed by atoms with van der Waals surface area (Å²) < 4.78 is 5.35. The highest BCUT2D eigenvalue weighted by Gasteiger charge is 2.24. The van der Waals surface area contributed by atoms with Crippen LogP contribution in [-0.2, 0) is 11.3 Å². The predicted octanol–water partition coefficient (Wildman–Crippen LogP) is 4.03. The molecule has 1 heterocycles. The van der Waals surface area contributed by atoms with Crippen LogP contribution in [0.2, 0.25) is 10.0 Å². The Morgan fingerprint density at radius 1 is 1.04 bits per heavy atom. The number of nitrogens with two attached hydrogens (primary N) is 1. The van der Waals surface area contributed by atoms with Gasteiger partial charge in [-0.25, -0.2) is 0 Å². The highest BCUT2D eigenvalue weighted by molar-refractivity contribution is 6.35. The number of nitrogens with one attached hydrogen (secondary N) is 1. The molecule has 0 unspecified atom stereocenters. The smallest absolute Gasteiger partial charge is 0.287 e. The van der Waals surface area contributed by atoms with E-state index in [2.05, 4.69) is 5.32 Å². The molecular weight excluding hydrogens is 359 g/mol. The van der Waals surface area contributed by atoms with Crippen LogP contribution >= 0.6 is 23.2 Å². The molecular formula is C19H17Cl2N2O2+. The van der Waals surface area contributed by atoms with Crippen molar-refractivity contribution < 1.29 is 14.5 Å². The Bertz CT molecular complexity index is 816. The lowest BCUT2D eigenvalue weighted by Crippen LogP contribution is -2.85. The molecule has 1 amide bonds. The van der Waals surface area contributed by atoms with Crippen LogP contribution < -0.4 is 10.6 Å². The number of hydrogen-bond donors (Lipinski definition) is 2. The minimum atomic E-state index is -0.427. The van der Waals surface area contributed by atoms with Crippen molar-refractivity contribution in [3.8, 4) is 0 Å². The van der Waals surface area contributed by atoms with Gasteiger partial charge < -0.3 is 15.1 Å². The zero-order chi connectivity index (χ0) is 17.6. The van der Waals surface area contributed by atoms with E-state index in [-0.39, 0.29) is 5.91 Å². The predicted molar refractivity (Wildman–Crippen MR) is 98.6 cm³/mol. The molecule has 0 aliphatic heterocycles. The maximum absolute atomic E-state index is 12.8. The molecule has 0 spiro atoms. The van der Waals surface area contributed by atoms with E-state index in [1.54, 1.807) is 24.5 Å². The molecule has 0 aliphatic rings. The Morgan fingerprint density at radius 2 is 1.76 bits per heavy atom. The third-order valence-electron chi connectivity index (χ3n) is 3.71. The molecule has 3 aromatic rings. The first kappa shape index (κ1) is 17.5. The zero-order valence-electron chi connectivity index (χ0n) is 13.3. The first-order chi connectivity index (χ1) is 12.1. The van der Waals surface area contributed by atoms with E-state index in [1.807, 2.05) is 47.8 Å². The lowest BCUT2D eigenvalue weighted by atomic mass is 10.1. The summed E-state index contributed by atoms with van der Waals surface area (Å²) in [7, 11) is 0. The first-order valence-corrected chi connectivity index (χ1v) is 8.55. The van der Waals surface area contributed by atoms with Crippen molar-refractivity contribution in [1.29, 1.82) is 0 Å². The number of halogens is 2. The maximum atomic E-state index is 12.8. The number of hydrogen-bond acceptors (Lipinski definition) is 2. The Labute approximate surface area is 155 Å². The molecule has 25 heavy (non-hydrogen) atoms. The SMILES string of the molecule is O=C(Nc1cc(Cl)cc(Cl)c1)[C@@H]([NH2+]Cc1ccco1)c1ccccc1. The van der Waals surface area contributed by atoms with Gasteiger partial charge in [0.1, 0.15) is 6.54 Å². The van der Waals surface area contributed by atoms with Gasteiger partial charge in [0, 0.05) is 21.3 Å². The molecule has 3 rings (SSSR count). The van der Waals surface area contributed by atoms with Crippen LogP contribution in [0.25, 0.3) is 0 Å². The summed E-state index contributed by atoms with van der Waals surface area (Å²) in [6.45, 7) is 0.552. The first-order valence-electron chi connectivity index (χ1n) is 7.79. The molecule has 1 aromatic heterocycles. The van der Waals surface area contributed by atoms with Crippen molar-refractivity contribution in [2.75, 3.05) is 5.32 Å². The molecule has 0 radical (unpaired) electrons. The second-order valence-corrected chi connectivity index (χ2v) is 6.43. The van der Waals surface area contributed by atoms with Gasteiger partial charge in [-0.05, 0) is 30.3 Å². The van der Waals surface area contributed by atoms with Crippen LogP contribution in [0.4, 0.5) is 5.69 Å². The van der Waals surface area contributed by atoms with E-state index in [0.29, 0.717) is 22.3 Å². The zero-order valence-corrected chi connectivity index (χ0v) is 14.8. The highest BCUT2D eigenvalue weighted by atomic mass is 35.5. The summed E-state index contributed by atoms with van der Waals surface area (Å²) >= 11 is 12.0. The standard InChI is InChI=1S/C19H16Cl2N2O2/c20-14-9-15(21)11-16(10-14)23-19(24)18(13-5-2-1-3-6-13)22-12-17-7-4-8-25-17/h1-11,18,22H,12H2,(H,23,24)/p+1/t18-/m0/s1. The molecule has 0 fully saturated rings. The van der Waals surface area contributed by atoms with Crippen LogP contribution in [0, 0.1) is 0 Å². The number of carbonyl (C=O) groups is 1. The van der Waals surface area contributed by atoms with Gasteiger partial charge in [0.2, 0.25) is 0 Å². The minimum Gasteiger partial charge on any atom is -0.463 e. The van der Waals surface area contributed by atoms with Crippen LogP contribution in [0.3, 0.4) is 0 Å². The topological polar surface area (TPSA) is 58.9 Å². The number of quaternary nitrogens is 1. The fourth-order valence-electron chi connectivity index (χ4n) is 2.56. The molecule has 0 saturated carbocycles. The normalized spacial score (nSPS) is 11.9. The average molecular weight is 376 g/mol. The summed E-state index contributed by atoms with van der Waals surface area (Å²) in [5, 5.41) is 5.75. The number of benzene rings is 2. The molecule has 4 nitrogen and oxygen atoms in total. The van der Waals surface area contributed by atoms with Crippen molar-refractivity contribution in [3.05, 3.63) is 88.3 Å². The van der Waals surface area contributed by atoms with Gasteiger partial charge >= 0.3 is 0 Å². The van der Waals surface area contributed by atoms with Gasteiger partial charge in [-0.2, -0.15) is 0 Å². The number of rotatable bonds is 6. The van der Waals surface area contributed by atoms with Crippen LogP contribution in [0.5, 0.6) is 0 Å². The molecule has 0 bridgehead atoms. The van der Waals surface area contributed by atoms with Gasteiger partial charge in [-0.1, -0.05) is 53.5 Å². The molecule has 1 atom stereocenters. The minimum absolute atomic E-state index is 0.156. The van der Waals surface area contributed by atoms with Crippen LogP contribution in [0.15, 0.2) is 71.3 Å². The Balaban J connectivity index is 1.78. The fourth-order valence-corrected chi connectivity index (χ4v) is 3.09. The van der Waals surface area contributed by atoms with Crippen molar-refractivity contribution >= 4 is 34.8 Å². The third-order valence-corrected chi connectivity index (χ3v) is 4.14. The van der Waals surface area contributed by atoms with Crippen LogP contribution in [-0.4, -0.2) is 5.91 Å². The number of carbonyl (C=O) groups excluding carboxylic acids is 1. The summed E-state index contributed by atoms with van der Waals surface area (Å²) in [5.74, 6) is 0.649. The quantitative estimate of drug-likeness (QED) is 0.683. The lowest BCUT2D eigenvalue weighted by molar-refractivity contribution is -0.699. The van der Waals surface area contributed by atoms with E-state index in [4.69, 9.17) is 27.6 Å². The van der Waals surface area contributed by atoms with E-state index in [1.165, 1.54) is 0 Å². The largest absolute Gasteiger partial charge is 0.463 e. The summed E-state index contributed by atoms with van der Waals surface area (Å²) in [4.78, 5) is 12.8. The average Bonchev–Trinajstić information content (AvgIpc) is 3.08. The Morgan fingerprint density at radius 3 is 2.40 bits per heavy atom. The van der Waals surface area contributed by atoms with Gasteiger partial charge in [-0.15, -0.1) is 0 Å². The molecule has 0 aliphatic carbocycles. The van der Waals surface area contributed by atoms with Gasteiger partial charge in [-0.3, -0.25) is 4.79 Å². The number of amides is 1. The summed E-state index contributed by atoms with van der Waals surface area (Å²) in [6.07, 6.45) is 1.62. The molecule has 3 N–H and O–H groups in total. The van der Waals surface area contributed by atoms with Gasteiger partial charge in [0.25, 0.3) is 5.91 Å². The van der Waals surface area contributed by atoms with Gasteiger partial charge in [0.15, 0.2) is 11.8 Å².